The van der Waals surface area contributed by atoms with Crippen LogP contribution in [0.4, 0.5) is 5.69 Å². The molecule has 0 aliphatic rings. The number of aromatic nitrogens is 1. The molecule has 142 valence electrons. The van der Waals surface area contributed by atoms with E-state index < -0.39 is 5.91 Å². The average Bonchev–Trinajstić information content (AvgIpc) is 2.70. The van der Waals surface area contributed by atoms with Crippen LogP contribution in [0, 0.1) is 13.8 Å². The molecule has 2 amide bonds. The van der Waals surface area contributed by atoms with Crippen LogP contribution in [0.25, 0.3) is 6.08 Å². The van der Waals surface area contributed by atoms with Gasteiger partial charge in [-0.25, -0.2) is 0 Å². The summed E-state index contributed by atoms with van der Waals surface area (Å²) in [6.45, 7) is 4.02. The maximum Gasteiger partial charge on any atom is 0.255 e. The van der Waals surface area contributed by atoms with E-state index in [0.29, 0.717) is 5.56 Å². The minimum absolute atomic E-state index is 0.0751. The van der Waals surface area contributed by atoms with Crippen molar-refractivity contribution in [2.24, 2.45) is 5.73 Å². The van der Waals surface area contributed by atoms with Crippen LogP contribution in [0.1, 0.15) is 27.0 Å². The fourth-order valence-corrected chi connectivity index (χ4v) is 2.20. The summed E-state index contributed by atoms with van der Waals surface area (Å²) in [4.78, 5) is 26.0. The summed E-state index contributed by atoms with van der Waals surface area (Å²) >= 11 is 0. The van der Waals surface area contributed by atoms with Crippen LogP contribution in [-0.4, -0.2) is 16.8 Å². The van der Waals surface area contributed by atoms with Crippen LogP contribution in [0.3, 0.4) is 0 Å². The first kappa shape index (κ1) is 20.6. The van der Waals surface area contributed by atoms with Crippen LogP contribution in [-0.2, 0) is 4.79 Å². The van der Waals surface area contributed by atoms with Crippen LogP contribution in [0.5, 0.6) is 0 Å². The first-order valence-electron chi connectivity index (χ1n) is 8.76. The molecule has 0 saturated heterocycles. The molecule has 0 atom stereocenters. The van der Waals surface area contributed by atoms with Gasteiger partial charge >= 0.3 is 0 Å². The molecular formula is C23H23N3O2. The fourth-order valence-electron chi connectivity index (χ4n) is 2.20. The first-order chi connectivity index (χ1) is 13.4. The molecule has 0 radical (unpaired) electrons. The normalized spacial score (nSPS) is 10.1. The lowest BCUT2D eigenvalue weighted by molar-refractivity contribution is -0.113. The molecule has 3 aromatic rings. The van der Waals surface area contributed by atoms with E-state index in [1.54, 1.807) is 24.5 Å². The predicted octanol–water partition coefficient (Wildman–Crippen LogP) is 4.14. The van der Waals surface area contributed by atoms with E-state index in [0.717, 1.165) is 16.8 Å². The van der Waals surface area contributed by atoms with Crippen molar-refractivity contribution in [3.8, 4) is 0 Å². The molecule has 0 aliphatic heterocycles. The third-order valence-corrected chi connectivity index (χ3v) is 3.75. The Balaban J connectivity index is 0.000000221. The highest BCUT2D eigenvalue weighted by Gasteiger charge is 2.04. The van der Waals surface area contributed by atoms with Gasteiger partial charge in [0.05, 0.1) is 0 Å². The number of hydrogen-bond donors (Lipinski definition) is 2. The number of nitrogens with zero attached hydrogens (tertiary/aromatic N) is 1. The van der Waals surface area contributed by atoms with Crippen molar-refractivity contribution in [1.29, 1.82) is 0 Å². The standard InChI is InChI=1S/C15H15NO.C8H8N2O/c1-11-3-7-13(8-4-11)15(17)16-14-9-5-12(2)6-10-14;9-8(11)4-3-7-2-1-5-10-6-7/h3-10H,1-2H3,(H,16,17);1-6H,(H2,9,11). The van der Waals surface area contributed by atoms with Crippen molar-refractivity contribution in [1.82, 2.24) is 4.98 Å². The van der Waals surface area contributed by atoms with Gasteiger partial charge < -0.3 is 11.1 Å². The first-order valence-corrected chi connectivity index (χ1v) is 8.76. The number of benzene rings is 2. The van der Waals surface area contributed by atoms with Gasteiger partial charge in [0.2, 0.25) is 5.91 Å². The van der Waals surface area contributed by atoms with Crippen molar-refractivity contribution in [3.63, 3.8) is 0 Å². The SMILES string of the molecule is Cc1ccc(NC(=O)c2ccc(C)cc2)cc1.NC(=O)C=Cc1cccnc1. The Morgan fingerprint density at radius 2 is 1.54 bits per heavy atom. The molecule has 1 aromatic heterocycles. The summed E-state index contributed by atoms with van der Waals surface area (Å²) in [7, 11) is 0. The van der Waals surface area contributed by atoms with Crippen molar-refractivity contribution >= 4 is 23.6 Å². The number of hydrogen-bond acceptors (Lipinski definition) is 3. The summed E-state index contributed by atoms with van der Waals surface area (Å²) in [6.07, 6.45) is 6.24. The molecule has 5 heteroatoms. The van der Waals surface area contributed by atoms with Gasteiger partial charge in [-0.15, -0.1) is 0 Å². The smallest absolute Gasteiger partial charge is 0.255 e. The monoisotopic (exact) mass is 373 g/mol. The second-order valence-corrected chi connectivity index (χ2v) is 6.21. The number of anilines is 1. The lowest BCUT2D eigenvalue weighted by Gasteiger charge is -2.05. The number of carbonyl (C=O) groups is 2. The third kappa shape index (κ3) is 7.25. The van der Waals surface area contributed by atoms with Crippen LogP contribution < -0.4 is 11.1 Å². The average molecular weight is 373 g/mol. The Bertz CT molecular complexity index is 932. The highest BCUT2D eigenvalue weighted by molar-refractivity contribution is 6.04. The number of amides is 2. The third-order valence-electron chi connectivity index (χ3n) is 3.75. The maximum atomic E-state index is 11.9. The second kappa shape index (κ2) is 10.4. The Hall–Kier alpha value is -3.73. The van der Waals surface area contributed by atoms with Gasteiger partial charge in [-0.3, -0.25) is 14.6 Å². The predicted molar refractivity (Wildman–Crippen MR) is 113 cm³/mol. The number of primary amides is 1. The van der Waals surface area contributed by atoms with E-state index in [4.69, 9.17) is 5.73 Å². The molecule has 0 unspecified atom stereocenters. The second-order valence-electron chi connectivity index (χ2n) is 6.21. The molecule has 1 heterocycles. The van der Waals surface area contributed by atoms with E-state index in [1.165, 1.54) is 11.6 Å². The molecule has 0 spiro atoms. The number of rotatable bonds is 4. The molecule has 3 N–H and O–H groups in total. The zero-order chi connectivity index (χ0) is 20.4. The van der Waals surface area contributed by atoms with Gasteiger partial charge in [-0.2, -0.15) is 0 Å². The summed E-state index contributed by atoms with van der Waals surface area (Å²) < 4.78 is 0. The molecule has 28 heavy (non-hydrogen) atoms. The number of pyridine rings is 1. The van der Waals surface area contributed by atoms with Crippen LogP contribution in [0.2, 0.25) is 0 Å². The van der Waals surface area contributed by atoms with E-state index >= 15 is 0 Å². The van der Waals surface area contributed by atoms with Gasteiger partial charge in [0.25, 0.3) is 5.91 Å². The zero-order valence-corrected chi connectivity index (χ0v) is 15.9. The molecular weight excluding hydrogens is 350 g/mol. The number of nitrogens with one attached hydrogen (secondary N) is 1. The summed E-state index contributed by atoms with van der Waals surface area (Å²) in [6, 6.07) is 18.9. The summed E-state index contributed by atoms with van der Waals surface area (Å²) in [5, 5.41) is 2.87. The Labute approximate surface area is 164 Å². The van der Waals surface area contributed by atoms with Crippen LogP contribution in [0.15, 0.2) is 79.1 Å². The van der Waals surface area contributed by atoms with E-state index in [2.05, 4.69) is 10.3 Å². The number of nitrogens with two attached hydrogens (primary N) is 1. The topological polar surface area (TPSA) is 85.1 Å². The minimum atomic E-state index is -0.450. The molecule has 0 saturated carbocycles. The molecule has 0 bridgehead atoms. The highest BCUT2D eigenvalue weighted by Crippen LogP contribution is 2.11. The van der Waals surface area contributed by atoms with E-state index in [-0.39, 0.29) is 5.91 Å². The lowest BCUT2D eigenvalue weighted by atomic mass is 10.1. The van der Waals surface area contributed by atoms with Gasteiger partial charge in [0, 0.05) is 29.7 Å². The Kier molecular flexibility index (Phi) is 7.66. The zero-order valence-electron chi connectivity index (χ0n) is 15.9. The van der Waals surface area contributed by atoms with Gasteiger partial charge in [-0.1, -0.05) is 41.5 Å². The molecule has 2 aromatic carbocycles. The van der Waals surface area contributed by atoms with E-state index in [1.807, 2.05) is 68.4 Å². The van der Waals surface area contributed by atoms with Crippen LogP contribution >= 0.6 is 0 Å². The minimum Gasteiger partial charge on any atom is -0.366 e. The van der Waals surface area contributed by atoms with Crippen molar-refractivity contribution < 1.29 is 9.59 Å². The number of aryl methyl sites for hydroxylation is 2. The summed E-state index contributed by atoms with van der Waals surface area (Å²) in [5.41, 5.74) is 9.59. The van der Waals surface area contributed by atoms with Gasteiger partial charge in [-0.05, 0) is 55.8 Å². The molecule has 5 nitrogen and oxygen atoms in total. The van der Waals surface area contributed by atoms with Gasteiger partial charge in [0.1, 0.15) is 0 Å². The Morgan fingerprint density at radius 1 is 0.929 bits per heavy atom. The fraction of sp³-hybridized carbons (Fsp3) is 0.0870. The maximum absolute atomic E-state index is 11.9. The quantitative estimate of drug-likeness (QED) is 0.674. The van der Waals surface area contributed by atoms with Crippen molar-refractivity contribution in [2.45, 2.75) is 13.8 Å². The molecule has 0 fully saturated rings. The van der Waals surface area contributed by atoms with Gasteiger partial charge in [0.15, 0.2) is 0 Å². The molecule has 3 rings (SSSR count). The van der Waals surface area contributed by atoms with Crippen molar-refractivity contribution in [3.05, 3.63) is 101 Å². The largest absolute Gasteiger partial charge is 0.366 e. The summed E-state index contributed by atoms with van der Waals surface area (Å²) in [5.74, 6) is -0.525. The number of carbonyl (C=O) groups excluding carboxylic acids is 2. The lowest BCUT2D eigenvalue weighted by Crippen LogP contribution is -2.11. The Morgan fingerprint density at radius 3 is 2.07 bits per heavy atom. The highest BCUT2D eigenvalue weighted by atomic mass is 16.1. The molecule has 0 aliphatic carbocycles. The van der Waals surface area contributed by atoms with Crippen molar-refractivity contribution in [2.75, 3.05) is 5.32 Å². The van der Waals surface area contributed by atoms with E-state index in [9.17, 15) is 9.59 Å².